The van der Waals surface area contributed by atoms with E-state index in [0.717, 1.165) is 0 Å². The Morgan fingerprint density at radius 1 is 1.30 bits per heavy atom. The molecule has 0 atom stereocenters. The van der Waals surface area contributed by atoms with E-state index in [4.69, 9.17) is 9.05 Å². The average molecular weight is 166 g/mol. The van der Waals surface area contributed by atoms with Gasteiger partial charge in [0.2, 0.25) is 0 Å². The standard InChI is InChI=1S/C5H11O4P/c1-3-7-10(8-4-2)9-5-6/h5H,3-4H2,1-2H3. The van der Waals surface area contributed by atoms with Crippen LogP contribution >= 0.6 is 8.60 Å². The summed E-state index contributed by atoms with van der Waals surface area (Å²) in [7, 11) is -1.43. The molecule has 0 aliphatic heterocycles. The summed E-state index contributed by atoms with van der Waals surface area (Å²) in [5, 5.41) is 0. The van der Waals surface area contributed by atoms with Crippen molar-refractivity contribution in [2.75, 3.05) is 13.2 Å². The van der Waals surface area contributed by atoms with Crippen LogP contribution in [-0.2, 0) is 18.4 Å². The molecule has 0 aromatic rings. The number of carbonyl (C=O) groups excluding carboxylic acids is 1. The maximum Gasteiger partial charge on any atom is 0.399 e. The summed E-state index contributed by atoms with van der Waals surface area (Å²) in [6.45, 7) is 4.92. The number of hydrogen-bond acceptors (Lipinski definition) is 4. The van der Waals surface area contributed by atoms with Gasteiger partial charge >= 0.3 is 8.60 Å². The number of carbonyl (C=O) groups is 1. The van der Waals surface area contributed by atoms with E-state index < -0.39 is 8.60 Å². The van der Waals surface area contributed by atoms with Crippen LogP contribution in [0.25, 0.3) is 0 Å². The first-order chi connectivity index (χ1) is 4.85. The van der Waals surface area contributed by atoms with Gasteiger partial charge < -0.3 is 13.6 Å². The van der Waals surface area contributed by atoms with E-state index in [2.05, 4.69) is 4.52 Å². The van der Waals surface area contributed by atoms with Gasteiger partial charge in [0.1, 0.15) is 0 Å². The van der Waals surface area contributed by atoms with Crippen LogP contribution in [0.2, 0.25) is 0 Å². The number of hydrogen-bond donors (Lipinski definition) is 0. The van der Waals surface area contributed by atoms with E-state index in [0.29, 0.717) is 19.7 Å². The summed E-state index contributed by atoms with van der Waals surface area (Å²) >= 11 is 0. The monoisotopic (exact) mass is 166 g/mol. The largest absolute Gasteiger partial charge is 0.399 e. The predicted octanol–water partition coefficient (Wildman–Crippen LogP) is 1.46. The topological polar surface area (TPSA) is 44.8 Å². The molecule has 60 valence electrons. The molecule has 0 amide bonds. The van der Waals surface area contributed by atoms with Crippen molar-refractivity contribution >= 4 is 15.1 Å². The van der Waals surface area contributed by atoms with E-state index in [1.807, 2.05) is 13.8 Å². The van der Waals surface area contributed by atoms with Crippen LogP contribution in [0.4, 0.5) is 0 Å². The van der Waals surface area contributed by atoms with Crippen molar-refractivity contribution in [1.29, 1.82) is 0 Å². The highest BCUT2D eigenvalue weighted by Gasteiger charge is 2.09. The molecule has 0 aliphatic rings. The van der Waals surface area contributed by atoms with Gasteiger partial charge in [-0.3, -0.25) is 4.79 Å². The Labute approximate surface area is 61.5 Å². The molecule has 0 bridgehead atoms. The van der Waals surface area contributed by atoms with Gasteiger partial charge in [-0.05, 0) is 13.8 Å². The maximum atomic E-state index is 9.80. The van der Waals surface area contributed by atoms with Crippen molar-refractivity contribution in [3.8, 4) is 0 Å². The Kier molecular flexibility index (Phi) is 6.81. The molecule has 0 aromatic carbocycles. The van der Waals surface area contributed by atoms with Crippen LogP contribution in [0, 0.1) is 0 Å². The molecule has 0 N–H and O–H groups in total. The molecule has 0 aromatic heterocycles. The third kappa shape index (κ3) is 4.68. The molecule has 5 heteroatoms. The maximum absolute atomic E-state index is 9.80. The van der Waals surface area contributed by atoms with Gasteiger partial charge in [-0.25, -0.2) is 0 Å². The minimum absolute atomic E-state index is 0.330. The van der Waals surface area contributed by atoms with E-state index in [9.17, 15) is 4.79 Å². The van der Waals surface area contributed by atoms with Gasteiger partial charge in [-0.15, -0.1) is 0 Å². The van der Waals surface area contributed by atoms with E-state index >= 15 is 0 Å². The minimum atomic E-state index is -1.43. The lowest BCUT2D eigenvalue weighted by Gasteiger charge is -2.09. The lowest BCUT2D eigenvalue weighted by Crippen LogP contribution is -1.93. The molecular formula is C5H11O4P. The van der Waals surface area contributed by atoms with Crippen molar-refractivity contribution in [2.45, 2.75) is 13.8 Å². The Hall–Kier alpha value is -0.180. The molecule has 0 spiro atoms. The summed E-state index contributed by atoms with van der Waals surface area (Å²) in [5.74, 6) is 0. The summed E-state index contributed by atoms with van der Waals surface area (Å²) < 4.78 is 14.3. The second-order valence-corrected chi connectivity index (χ2v) is 2.44. The molecule has 10 heavy (non-hydrogen) atoms. The highest BCUT2D eigenvalue weighted by molar-refractivity contribution is 7.42. The molecular weight excluding hydrogens is 155 g/mol. The quantitative estimate of drug-likeness (QED) is 0.442. The first kappa shape index (κ1) is 9.82. The Bertz CT molecular complexity index is 81.7. The van der Waals surface area contributed by atoms with Crippen molar-refractivity contribution in [2.24, 2.45) is 0 Å². The smallest absolute Gasteiger partial charge is 0.397 e. The fourth-order valence-corrected chi connectivity index (χ4v) is 1.03. The second kappa shape index (κ2) is 6.93. The van der Waals surface area contributed by atoms with Crippen LogP contribution in [0.5, 0.6) is 0 Å². The predicted molar refractivity (Wildman–Crippen MR) is 37.3 cm³/mol. The van der Waals surface area contributed by atoms with Gasteiger partial charge in [0, 0.05) is 0 Å². The van der Waals surface area contributed by atoms with Crippen molar-refractivity contribution in [1.82, 2.24) is 0 Å². The van der Waals surface area contributed by atoms with Crippen LogP contribution in [0.3, 0.4) is 0 Å². The van der Waals surface area contributed by atoms with Crippen molar-refractivity contribution < 1.29 is 18.4 Å². The Morgan fingerprint density at radius 3 is 2.10 bits per heavy atom. The Balaban J connectivity index is 3.38. The molecule has 4 nitrogen and oxygen atoms in total. The first-order valence-electron chi connectivity index (χ1n) is 3.01. The van der Waals surface area contributed by atoms with Gasteiger partial charge in [-0.2, -0.15) is 0 Å². The van der Waals surface area contributed by atoms with Crippen LogP contribution in [0.15, 0.2) is 0 Å². The molecule has 0 unspecified atom stereocenters. The van der Waals surface area contributed by atoms with Crippen molar-refractivity contribution in [3.63, 3.8) is 0 Å². The second-order valence-electron chi connectivity index (χ2n) is 1.26. The molecule has 0 saturated carbocycles. The zero-order chi connectivity index (χ0) is 7.82. The van der Waals surface area contributed by atoms with Gasteiger partial charge in [0.15, 0.2) is 0 Å². The fraction of sp³-hybridized carbons (Fsp3) is 0.800. The first-order valence-corrected chi connectivity index (χ1v) is 4.11. The molecule has 0 fully saturated rings. The van der Waals surface area contributed by atoms with E-state index in [1.54, 1.807) is 0 Å². The molecule has 0 saturated heterocycles. The zero-order valence-electron chi connectivity index (χ0n) is 6.07. The lowest BCUT2D eigenvalue weighted by molar-refractivity contribution is -0.121. The lowest BCUT2D eigenvalue weighted by atomic mass is 10.9. The molecule has 0 aliphatic carbocycles. The van der Waals surface area contributed by atoms with Crippen molar-refractivity contribution in [3.05, 3.63) is 0 Å². The van der Waals surface area contributed by atoms with E-state index in [1.165, 1.54) is 0 Å². The molecule has 0 heterocycles. The molecule has 0 rings (SSSR count). The summed E-state index contributed by atoms with van der Waals surface area (Å²) in [5.41, 5.74) is 0. The van der Waals surface area contributed by atoms with Crippen LogP contribution < -0.4 is 0 Å². The summed E-state index contributed by atoms with van der Waals surface area (Å²) in [6, 6.07) is 0. The summed E-state index contributed by atoms with van der Waals surface area (Å²) in [4.78, 5) is 9.80. The highest BCUT2D eigenvalue weighted by atomic mass is 31.2. The van der Waals surface area contributed by atoms with Gasteiger partial charge in [0.25, 0.3) is 6.47 Å². The third-order valence-corrected chi connectivity index (χ3v) is 1.79. The van der Waals surface area contributed by atoms with Gasteiger partial charge in [0.05, 0.1) is 13.2 Å². The van der Waals surface area contributed by atoms with E-state index in [-0.39, 0.29) is 0 Å². The molecule has 0 radical (unpaired) electrons. The van der Waals surface area contributed by atoms with Gasteiger partial charge in [-0.1, -0.05) is 0 Å². The van der Waals surface area contributed by atoms with Crippen LogP contribution in [0.1, 0.15) is 13.8 Å². The highest BCUT2D eigenvalue weighted by Crippen LogP contribution is 2.37. The third-order valence-electron chi connectivity index (χ3n) is 0.598. The van der Waals surface area contributed by atoms with Crippen LogP contribution in [-0.4, -0.2) is 19.7 Å². The SMILES string of the molecule is CCOP(OC=O)OCC. The average Bonchev–Trinajstić information content (AvgIpc) is 1.90. The normalized spacial score (nSPS) is 9.90. The number of rotatable bonds is 6. The summed E-state index contributed by atoms with van der Waals surface area (Å²) in [6.07, 6.45) is 0. The Morgan fingerprint density at radius 2 is 1.80 bits per heavy atom. The minimum Gasteiger partial charge on any atom is -0.397 e. The zero-order valence-corrected chi connectivity index (χ0v) is 6.97. The fourth-order valence-electron chi connectivity index (χ4n) is 0.344.